The summed E-state index contributed by atoms with van der Waals surface area (Å²) in [6, 6.07) is 9.37. The third-order valence-corrected chi connectivity index (χ3v) is 8.79. The number of anilines is 1. The summed E-state index contributed by atoms with van der Waals surface area (Å²) in [5, 5.41) is 10.8. The second kappa shape index (κ2) is 8.72. The van der Waals surface area contributed by atoms with E-state index in [9.17, 15) is 18.7 Å². The Labute approximate surface area is 215 Å². The number of fused-ring (bicyclic) bond motifs is 1. The third-order valence-electron chi connectivity index (χ3n) is 8.79. The zero-order valence-electron chi connectivity index (χ0n) is 21.3. The number of likely N-dealkylation sites (tertiary alicyclic amines) is 1. The second-order valence-electron chi connectivity index (χ2n) is 11.2. The lowest BCUT2D eigenvalue weighted by Crippen LogP contribution is -2.53. The number of carbonyl (C=O) groups is 1. The molecule has 1 saturated carbocycles. The zero-order chi connectivity index (χ0) is 25.9. The molecule has 3 aromatic rings. The first-order valence-corrected chi connectivity index (χ1v) is 13.1. The number of hydrogen-bond acceptors (Lipinski definition) is 4. The smallest absolute Gasteiger partial charge is 0.335 e. The van der Waals surface area contributed by atoms with Crippen LogP contribution in [0.25, 0.3) is 10.9 Å². The van der Waals surface area contributed by atoms with Crippen LogP contribution in [0.2, 0.25) is 0 Å². The van der Waals surface area contributed by atoms with Gasteiger partial charge >= 0.3 is 5.97 Å². The molecule has 8 heteroatoms. The maximum Gasteiger partial charge on any atom is 0.335 e. The number of rotatable bonds is 6. The molecular formula is C29H33F2N3O3. The average molecular weight is 510 g/mol. The van der Waals surface area contributed by atoms with Gasteiger partial charge in [0.05, 0.1) is 12.7 Å². The van der Waals surface area contributed by atoms with E-state index in [4.69, 9.17) is 4.74 Å². The summed E-state index contributed by atoms with van der Waals surface area (Å²) in [5.74, 6) is -2.72. The number of carboxylic acid groups (broad SMARTS) is 1. The minimum Gasteiger partial charge on any atom is -0.496 e. The van der Waals surface area contributed by atoms with Gasteiger partial charge in [0, 0.05) is 66.9 Å². The van der Waals surface area contributed by atoms with Crippen molar-refractivity contribution in [3.63, 3.8) is 0 Å². The van der Waals surface area contributed by atoms with Gasteiger partial charge in [0.1, 0.15) is 5.75 Å². The van der Waals surface area contributed by atoms with Crippen LogP contribution in [0, 0.1) is 12.3 Å². The van der Waals surface area contributed by atoms with E-state index in [1.165, 1.54) is 0 Å². The van der Waals surface area contributed by atoms with Crippen molar-refractivity contribution in [1.29, 1.82) is 0 Å². The molecule has 1 aromatic heterocycles. The molecule has 0 unspecified atom stereocenters. The van der Waals surface area contributed by atoms with Crippen molar-refractivity contribution in [3.8, 4) is 5.75 Å². The van der Waals surface area contributed by atoms with Gasteiger partial charge < -0.3 is 19.7 Å². The molecule has 1 atom stereocenters. The van der Waals surface area contributed by atoms with Gasteiger partial charge in [-0.15, -0.1) is 0 Å². The topological polar surface area (TPSA) is 68.8 Å². The Hall–Kier alpha value is -3.13. The number of alkyl halides is 2. The summed E-state index contributed by atoms with van der Waals surface area (Å²) in [5.41, 5.74) is 5.11. The number of aromatic carboxylic acids is 1. The van der Waals surface area contributed by atoms with E-state index in [0.717, 1.165) is 65.0 Å². The normalized spacial score (nSPS) is 22.6. The largest absolute Gasteiger partial charge is 0.496 e. The summed E-state index contributed by atoms with van der Waals surface area (Å²) in [6.07, 6.45) is 4.24. The van der Waals surface area contributed by atoms with Crippen molar-refractivity contribution in [1.82, 2.24) is 9.88 Å². The number of methoxy groups -OCH3 is 1. The van der Waals surface area contributed by atoms with Gasteiger partial charge in [-0.05, 0) is 73.5 Å². The highest BCUT2D eigenvalue weighted by Gasteiger charge is 2.58. The van der Waals surface area contributed by atoms with Crippen molar-refractivity contribution in [2.45, 2.75) is 57.5 Å². The minimum absolute atomic E-state index is 0.0630. The lowest BCUT2D eigenvalue weighted by Gasteiger charge is -2.55. The Morgan fingerprint density at radius 3 is 2.62 bits per heavy atom. The molecule has 2 N–H and O–H groups in total. The van der Waals surface area contributed by atoms with Gasteiger partial charge in [0.2, 0.25) is 5.92 Å². The Kier molecular flexibility index (Phi) is 5.71. The molecule has 1 aliphatic carbocycles. The SMILES string of the molecule is COc1cc(C)c2[nH]ccc2c1CN1CCC2(C[C@H]1c1ccc(C(=O)O)cc1N1CCC1)CC(F)(F)C2. The van der Waals surface area contributed by atoms with Crippen molar-refractivity contribution < 1.29 is 23.4 Å². The number of hydrogen-bond donors (Lipinski definition) is 2. The summed E-state index contributed by atoms with van der Waals surface area (Å²) < 4.78 is 34.0. The van der Waals surface area contributed by atoms with Crippen molar-refractivity contribution in [2.24, 2.45) is 5.41 Å². The standard InChI is InChI=1S/C29H33F2N3O3/c1-18-12-25(37-2)22(20-6-8-32-26(18)20)15-34-11-7-28(16-29(30,31)17-28)14-24(34)21-5-4-19(27(35)36)13-23(21)33-9-3-10-33/h4-6,8,12-13,24,32H,3,7,9-11,14-17H2,1-2H3,(H,35,36)/t24-/m0/s1. The highest BCUT2D eigenvalue weighted by Crippen LogP contribution is 2.61. The number of nitrogens with zero attached hydrogens (tertiary/aromatic N) is 2. The molecule has 6 rings (SSSR count). The average Bonchev–Trinajstić information content (AvgIpc) is 3.30. The summed E-state index contributed by atoms with van der Waals surface area (Å²) in [7, 11) is 1.68. The predicted octanol–water partition coefficient (Wildman–Crippen LogP) is 6.15. The third kappa shape index (κ3) is 4.15. The van der Waals surface area contributed by atoms with Crippen LogP contribution in [0.1, 0.15) is 65.2 Å². The predicted molar refractivity (Wildman–Crippen MR) is 139 cm³/mol. The van der Waals surface area contributed by atoms with Gasteiger partial charge in [-0.2, -0.15) is 0 Å². The Balaban J connectivity index is 1.42. The van der Waals surface area contributed by atoms with E-state index in [-0.39, 0.29) is 29.9 Å². The van der Waals surface area contributed by atoms with E-state index in [1.807, 2.05) is 18.3 Å². The van der Waals surface area contributed by atoms with Gasteiger partial charge in [0.25, 0.3) is 0 Å². The number of halogens is 2. The molecule has 2 aliphatic heterocycles. The summed E-state index contributed by atoms with van der Waals surface area (Å²) in [6.45, 7) is 5.13. The molecule has 3 heterocycles. The first-order valence-electron chi connectivity index (χ1n) is 13.1. The van der Waals surface area contributed by atoms with Crippen LogP contribution >= 0.6 is 0 Å². The monoisotopic (exact) mass is 509 g/mol. The molecule has 2 aromatic carbocycles. The highest BCUT2D eigenvalue weighted by atomic mass is 19.3. The maximum absolute atomic E-state index is 14.1. The van der Waals surface area contributed by atoms with Gasteiger partial charge in [-0.25, -0.2) is 13.6 Å². The van der Waals surface area contributed by atoms with Gasteiger partial charge in [-0.3, -0.25) is 4.90 Å². The molecule has 3 fully saturated rings. The molecule has 0 amide bonds. The number of ether oxygens (including phenoxy) is 1. The fourth-order valence-electron chi connectivity index (χ4n) is 6.81. The van der Waals surface area contributed by atoms with E-state index in [2.05, 4.69) is 27.8 Å². The molecule has 1 spiro atoms. The van der Waals surface area contributed by atoms with Crippen LogP contribution < -0.4 is 9.64 Å². The minimum atomic E-state index is -2.59. The molecule has 6 nitrogen and oxygen atoms in total. The first kappa shape index (κ1) is 24.2. The quantitative estimate of drug-likeness (QED) is 0.417. The van der Waals surface area contributed by atoms with Crippen LogP contribution in [0.3, 0.4) is 0 Å². The Morgan fingerprint density at radius 2 is 1.97 bits per heavy atom. The lowest BCUT2D eigenvalue weighted by molar-refractivity contribution is -0.186. The van der Waals surface area contributed by atoms with E-state index < -0.39 is 11.9 Å². The fraction of sp³-hybridized carbons (Fsp3) is 0.483. The number of aryl methyl sites for hydroxylation is 1. The molecular weight excluding hydrogens is 476 g/mol. The second-order valence-corrected chi connectivity index (χ2v) is 11.2. The fourth-order valence-corrected chi connectivity index (χ4v) is 6.81. The van der Waals surface area contributed by atoms with Crippen LogP contribution in [0.5, 0.6) is 5.75 Å². The number of benzene rings is 2. The molecule has 0 radical (unpaired) electrons. The van der Waals surface area contributed by atoms with E-state index in [0.29, 0.717) is 19.5 Å². The van der Waals surface area contributed by atoms with Crippen LogP contribution in [0.4, 0.5) is 14.5 Å². The molecule has 196 valence electrons. The van der Waals surface area contributed by atoms with Crippen LogP contribution in [-0.4, -0.2) is 53.6 Å². The number of aromatic nitrogens is 1. The van der Waals surface area contributed by atoms with Crippen molar-refractivity contribution in [3.05, 3.63) is 58.8 Å². The Morgan fingerprint density at radius 1 is 1.19 bits per heavy atom. The first-order chi connectivity index (χ1) is 17.7. The van der Waals surface area contributed by atoms with Gasteiger partial charge in [0.15, 0.2) is 0 Å². The molecule has 0 bridgehead atoms. The maximum atomic E-state index is 14.1. The van der Waals surface area contributed by atoms with Crippen LogP contribution in [-0.2, 0) is 6.54 Å². The lowest BCUT2D eigenvalue weighted by atomic mass is 9.58. The number of piperidine rings is 1. The number of nitrogens with one attached hydrogen (secondary N) is 1. The number of H-pyrrole nitrogens is 1. The zero-order valence-corrected chi connectivity index (χ0v) is 21.3. The van der Waals surface area contributed by atoms with Crippen LogP contribution in [0.15, 0.2) is 36.5 Å². The molecule has 2 saturated heterocycles. The number of aromatic amines is 1. The molecule has 3 aliphatic rings. The van der Waals surface area contributed by atoms with E-state index in [1.54, 1.807) is 19.2 Å². The molecule has 37 heavy (non-hydrogen) atoms. The highest BCUT2D eigenvalue weighted by molar-refractivity contribution is 5.89. The Bertz CT molecular complexity index is 1360. The van der Waals surface area contributed by atoms with Crippen molar-refractivity contribution >= 4 is 22.6 Å². The van der Waals surface area contributed by atoms with E-state index >= 15 is 0 Å². The summed E-state index contributed by atoms with van der Waals surface area (Å²) in [4.78, 5) is 19.7. The van der Waals surface area contributed by atoms with Crippen molar-refractivity contribution in [2.75, 3.05) is 31.6 Å². The summed E-state index contributed by atoms with van der Waals surface area (Å²) >= 11 is 0. The number of carboxylic acids is 1. The van der Waals surface area contributed by atoms with Gasteiger partial charge in [-0.1, -0.05) is 6.07 Å².